The average molecular weight is 324 g/mol. The van der Waals surface area contributed by atoms with E-state index in [1.165, 1.54) is 22.7 Å². The molecule has 1 unspecified atom stereocenters. The van der Waals surface area contributed by atoms with Crippen molar-refractivity contribution < 1.29 is 18.1 Å². The molecule has 0 N–H and O–H groups in total. The van der Waals surface area contributed by atoms with Gasteiger partial charge in [-0.25, -0.2) is 8.78 Å². The number of para-hydroxylation sites is 1. The Balaban J connectivity index is 1.69. The molecule has 3 rings (SSSR count). The molecule has 1 aromatic heterocycles. The fourth-order valence-corrected chi connectivity index (χ4v) is 3.50. The summed E-state index contributed by atoms with van der Waals surface area (Å²) >= 11 is 1.41. The van der Waals surface area contributed by atoms with Crippen molar-refractivity contribution in [2.24, 2.45) is 0 Å². The third-order valence-corrected chi connectivity index (χ3v) is 4.78. The molecule has 1 aliphatic rings. The van der Waals surface area contributed by atoms with Gasteiger partial charge < -0.3 is 9.42 Å². The number of carbonyl (C=O) groups is 1. The van der Waals surface area contributed by atoms with E-state index in [1.807, 2.05) is 0 Å². The minimum atomic E-state index is -0.717. The average Bonchev–Trinajstić information content (AvgIpc) is 3.04. The summed E-state index contributed by atoms with van der Waals surface area (Å²) in [7, 11) is 0. The van der Waals surface area contributed by atoms with Crippen LogP contribution in [-0.4, -0.2) is 22.9 Å². The zero-order valence-corrected chi connectivity index (χ0v) is 12.7. The van der Waals surface area contributed by atoms with Crippen LogP contribution in [0.25, 0.3) is 0 Å². The molecule has 116 valence electrons. The van der Waals surface area contributed by atoms with Crippen molar-refractivity contribution in [3.63, 3.8) is 0 Å². The van der Waals surface area contributed by atoms with Gasteiger partial charge in [0.15, 0.2) is 0 Å². The van der Waals surface area contributed by atoms with Crippen molar-refractivity contribution in [1.29, 1.82) is 0 Å². The van der Waals surface area contributed by atoms with Gasteiger partial charge in [0.25, 0.3) is 0 Å². The molecule has 0 spiro atoms. The van der Waals surface area contributed by atoms with E-state index in [9.17, 15) is 13.6 Å². The quantitative estimate of drug-likeness (QED) is 0.866. The molecule has 0 bridgehead atoms. The number of carbonyl (C=O) groups excluding carboxylic acids is 1. The maximum absolute atomic E-state index is 13.8. The summed E-state index contributed by atoms with van der Waals surface area (Å²) in [6, 6.07) is 5.41. The number of hydrogen-bond acceptors (Lipinski definition) is 4. The SMILES string of the molecule is Cc1cc(CSC2CCN(c3c(F)cccc3F)C2=O)no1. The van der Waals surface area contributed by atoms with Crippen LogP contribution in [0.3, 0.4) is 0 Å². The maximum atomic E-state index is 13.8. The Labute approximate surface area is 130 Å². The molecule has 4 nitrogen and oxygen atoms in total. The molecule has 1 atom stereocenters. The molecule has 1 aromatic carbocycles. The van der Waals surface area contributed by atoms with Crippen LogP contribution in [0.5, 0.6) is 0 Å². The standard InChI is InChI=1S/C15H14F2N2O2S/c1-9-7-10(18-21-9)8-22-13-5-6-19(15(13)20)14-11(16)3-2-4-12(14)17/h2-4,7,13H,5-6,8H2,1H3. The molecule has 1 fully saturated rings. The van der Waals surface area contributed by atoms with E-state index in [1.54, 1.807) is 13.0 Å². The summed E-state index contributed by atoms with van der Waals surface area (Å²) in [6.45, 7) is 2.11. The van der Waals surface area contributed by atoms with Crippen molar-refractivity contribution in [3.8, 4) is 0 Å². The van der Waals surface area contributed by atoms with Gasteiger partial charge in [0, 0.05) is 18.4 Å². The second-order valence-corrected chi connectivity index (χ2v) is 6.27. The van der Waals surface area contributed by atoms with Crippen molar-refractivity contribution in [3.05, 3.63) is 47.4 Å². The Hall–Kier alpha value is -1.89. The Morgan fingerprint density at radius 2 is 2.14 bits per heavy atom. The van der Waals surface area contributed by atoms with Gasteiger partial charge in [-0.2, -0.15) is 0 Å². The first-order valence-electron chi connectivity index (χ1n) is 6.85. The molecule has 1 aliphatic heterocycles. The number of hydrogen-bond donors (Lipinski definition) is 0. The Bertz CT molecular complexity index is 684. The molecule has 1 amide bonds. The highest BCUT2D eigenvalue weighted by molar-refractivity contribution is 7.99. The fraction of sp³-hybridized carbons (Fsp3) is 0.333. The maximum Gasteiger partial charge on any atom is 0.240 e. The fourth-order valence-electron chi connectivity index (χ4n) is 2.45. The smallest absolute Gasteiger partial charge is 0.240 e. The first-order chi connectivity index (χ1) is 10.6. The predicted octanol–water partition coefficient (Wildman–Crippen LogP) is 3.30. The van der Waals surface area contributed by atoms with Crippen molar-refractivity contribution in [2.45, 2.75) is 24.3 Å². The molecule has 0 radical (unpaired) electrons. The summed E-state index contributed by atoms with van der Waals surface area (Å²) in [4.78, 5) is 13.6. The van der Waals surface area contributed by atoms with Gasteiger partial charge in [0.2, 0.25) is 5.91 Å². The summed E-state index contributed by atoms with van der Waals surface area (Å²) in [5.41, 5.74) is 0.499. The van der Waals surface area contributed by atoms with E-state index in [2.05, 4.69) is 5.16 Å². The number of aromatic nitrogens is 1. The van der Waals surface area contributed by atoms with Crippen molar-refractivity contribution in [2.75, 3.05) is 11.4 Å². The minimum absolute atomic E-state index is 0.257. The lowest BCUT2D eigenvalue weighted by Crippen LogP contribution is -2.29. The Morgan fingerprint density at radius 3 is 2.77 bits per heavy atom. The molecule has 1 saturated heterocycles. The Morgan fingerprint density at radius 1 is 1.41 bits per heavy atom. The highest BCUT2D eigenvalue weighted by Gasteiger charge is 2.35. The van der Waals surface area contributed by atoms with E-state index in [4.69, 9.17) is 4.52 Å². The number of benzene rings is 1. The number of thioether (sulfide) groups is 1. The molecular formula is C15H14F2N2O2S. The third kappa shape index (κ3) is 2.85. The van der Waals surface area contributed by atoms with E-state index < -0.39 is 11.6 Å². The number of halogens is 2. The minimum Gasteiger partial charge on any atom is -0.361 e. The van der Waals surface area contributed by atoms with Gasteiger partial charge in [0.05, 0.1) is 10.9 Å². The molecular weight excluding hydrogens is 310 g/mol. The highest BCUT2D eigenvalue weighted by atomic mass is 32.2. The lowest BCUT2D eigenvalue weighted by molar-refractivity contribution is -0.116. The van der Waals surface area contributed by atoms with Gasteiger partial charge in [-0.15, -0.1) is 11.8 Å². The largest absolute Gasteiger partial charge is 0.361 e. The number of aryl methyl sites for hydroxylation is 1. The molecule has 0 saturated carbocycles. The van der Waals surface area contributed by atoms with E-state index in [0.29, 0.717) is 24.5 Å². The van der Waals surface area contributed by atoms with Crippen LogP contribution < -0.4 is 4.90 Å². The van der Waals surface area contributed by atoms with Crippen LogP contribution >= 0.6 is 11.8 Å². The van der Waals surface area contributed by atoms with Crippen LogP contribution in [0.4, 0.5) is 14.5 Å². The normalized spacial score (nSPS) is 18.2. The zero-order valence-electron chi connectivity index (χ0n) is 11.9. The first-order valence-corrected chi connectivity index (χ1v) is 7.90. The number of nitrogens with zero attached hydrogens (tertiary/aromatic N) is 2. The molecule has 2 heterocycles. The predicted molar refractivity (Wildman–Crippen MR) is 79.7 cm³/mol. The number of rotatable bonds is 4. The zero-order chi connectivity index (χ0) is 15.7. The van der Waals surface area contributed by atoms with Crippen LogP contribution in [0, 0.1) is 18.6 Å². The van der Waals surface area contributed by atoms with Crippen LogP contribution in [0.2, 0.25) is 0 Å². The van der Waals surface area contributed by atoms with E-state index >= 15 is 0 Å². The Kier molecular flexibility index (Phi) is 4.15. The summed E-state index contributed by atoms with van der Waals surface area (Å²) in [5, 5.41) is 3.54. The topological polar surface area (TPSA) is 46.3 Å². The van der Waals surface area contributed by atoms with Crippen LogP contribution in [0.1, 0.15) is 17.9 Å². The molecule has 0 aliphatic carbocycles. The van der Waals surface area contributed by atoms with Crippen LogP contribution in [0.15, 0.2) is 28.8 Å². The van der Waals surface area contributed by atoms with E-state index in [-0.39, 0.29) is 16.8 Å². The lowest BCUT2D eigenvalue weighted by atomic mass is 10.2. The summed E-state index contributed by atoms with van der Waals surface area (Å²) in [6.07, 6.45) is 0.550. The molecule has 2 aromatic rings. The van der Waals surface area contributed by atoms with Crippen molar-refractivity contribution in [1.82, 2.24) is 5.16 Å². The van der Waals surface area contributed by atoms with Gasteiger partial charge in [0.1, 0.15) is 23.1 Å². The van der Waals surface area contributed by atoms with Gasteiger partial charge in [-0.3, -0.25) is 4.79 Å². The number of anilines is 1. The second kappa shape index (κ2) is 6.08. The second-order valence-electron chi connectivity index (χ2n) is 5.08. The van der Waals surface area contributed by atoms with Gasteiger partial charge >= 0.3 is 0 Å². The number of amides is 1. The highest BCUT2D eigenvalue weighted by Crippen LogP contribution is 2.33. The van der Waals surface area contributed by atoms with Gasteiger partial charge in [-0.1, -0.05) is 11.2 Å². The van der Waals surface area contributed by atoms with E-state index in [0.717, 1.165) is 17.8 Å². The third-order valence-electron chi connectivity index (χ3n) is 3.47. The van der Waals surface area contributed by atoms with Crippen LogP contribution in [-0.2, 0) is 10.5 Å². The first kappa shape index (κ1) is 15.0. The lowest BCUT2D eigenvalue weighted by Gasteiger charge is -2.18. The molecule has 22 heavy (non-hydrogen) atoms. The van der Waals surface area contributed by atoms with Crippen molar-refractivity contribution >= 4 is 23.4 Å². The summed E-state index contributed by atoms with van der Waals surface area (Å²) in [5.74, 6) is -0.462. The monoisotopic (exact) mass is 324 g/mol. The molecule has 7 heteroatoms. The summed E-state index contributed by atoms with van der Waals surface area (Å²) < 4.78 is 32.6. The van der Waals surface area contributed by atoms with Gasteiger partial charge in [-0.05, 0) is 25.5 Å².